The normalized spacial score (nSPS) is 10.8. The van der Waals surface area contributed by atoms with Crippen LogP contribution in [0.15, 0.2) is 28.7 Å². The first-order chi connectivity index (χ1) is 8.43. The fourth-order valence-electron chi connectivity index (χ4n) is 1.66. The van der Waals surface area contributed by atoms with Crippen LogP contribution in [0.5, 0.6) is 0 Å². The van der Waals surface area contributed by atoms with E-state index in [0.29, 0.717) is 0 Å². The minimum Gasteiger partial charge on any atom is -0.350 e. The molecule has 0 unspecified atom stereocenters. The number of halogens is 1. The lowest BCUT2D eigenvalue weighted by Gasteiger charge is -2.26. The van der Waals surface area contributed by atoms with Crippen molar-refractivity contribution in [3.63, 3.8) is 0 Å². The highest BCUT2D eigenvalue weighted by atomic mass is 79.9. The standard InChI is InChI=1S/C14H17BrN2O/c1-14(2,17-13(18)8-10-16)9-7-11-3-5-12(15)6-4-11/h3-6H,7-9H2,1-2H3,(H,17,18). The average molecular weight is 309 g/mol. The Labute approximate surface area is 116 Å². The third kappa shape index (κ3) is 5.33. The van der Waals surface area contributed by atoms with Crippen molar-refractivity contribution in [3.8, 4) is 6.07 Å². The Hall–Kier alpha value is -1.34. The first-order valence-corrected chi connectivity index (χ1v) is 6.65. The zero-order valence-electron chi connectivity index (χ0n) is 10.7. The summed E-state index contributed by atoms with van der Waals surface area (Å²) in [5.74, 6) is -0.210. The summed E-state index contributed by atoms with van der Waals surface area (Å²) in [5, 5.41) is 11.3. The molecule has 0 saturated carbocycles. The zero-order chi connectivity index (χ0) is 13.6. The molecule has 1 amide bonds. The summed E-state index contributed by atoms with van der Waals surface area (Å²) in [6.07, 6.45) is 1.65. The Kier molecular flexibility index (Phi) is 5.36. The molecule has 1 aromatic carbocycles. The quantitative estimate of drug-likeness (QED) is 0.908. The topological polar surface area (TPSA) is 52.9 Å². The van der Waals surface area contributed by atoms with Crippen molar-refractivity contribution in [2.45, 2.75) is 38.6 Å². The molecule has 0 bridgehead atoms. The van der Waals surface area contributed by atoms with E-state index in [-0.39, 0.29) is 17.9 Å². The van der Waals surface area contributed by atoms with Crippen molar-refractivity contribution >= 4 is 21.8 Å². The average Bonchev–Trinajstić information content (AvgIpc) is 2.28. The molecule has 0 radical (unpaired) electrons. The van der Waals surface area contributed by atoms with E-state index in [9.17, 15) is 4.79 Å². The molecule has 1 N–H and O–H groups in total. The Morgan fingerprint density at radius 3 is 2.56 bits per heavy atom. The molecule has 0 atom stereocenters. The molecule has 4 heteroatoms. The largest absolute Gasteiger partial charge is 0.350 e. The van der Waals surface area contributed by atoms with Crippen LogP contribution < -0.4 is 5.32 Å². The SMILES string of the molecule is CC(C)(CCc1ccc(Br)cc1)NC(=O)CC#N. The third-order valence-electron chi connectivity index (χ3n) is 2.67. The van der Waals surface area contributed by atoms with Gasteiger partial charge in [0.15, 0.2) is 0 Å². The van der Waals surface area contributed by atoms with Gasteiger partial charge in [-0.05, 0) is 44.4 Å². The van der Waals surface area contributed by atoms with E-state index in [1.54, 1.807) is 0 Å². The summed E-state index contributed by atoms with van der Waals surface area (Å²) >= 11 is 3.40. The molecule has 18 heavy (non-hydrogen) atoms. The third-order valence-corrected chi connectivity index (χ3v) is 3.20. The van der Waals surface area contributed by atoms with E-state index in [4.69, 9.17) is 5.26 Å². The molecular formula is C14H17BrN2O. The smallest absolute Gasteiger partial charge is 0.234 e. The van der Waals surface area contributed by atoms with Crippen LogP contribution in [-0.2, 0) is 11.2 Å². The molecule has 0 aliphatic heterocycles. The molecule has 96 valence electrons. The Balaban J connectivity index is 2.48. The fourth-order valence-corrected chi connectivity index (χ4v) is 1.93. The molecule has 0 aliphatic carbocycles. The molecule has 0 spiro atoms. The van der Waals surface area contributed by atoms with Crippen molar-refractivity contribution in [2.75, 3.05) is 0 Å². The highest BCUT2D eigenvalue weighted by Gasteiger charge is 2.19. The first kappa shape index (κ1) is 14.7. The Bertz CT molecular complexity index is 446. The molecule has 0 aromatic heterocycles. The Morgan fingerprint density at radius 1 is 1.39 bits per heavy atom. The molecule has 0 saturated heterocycles. The number of hydrogen-bond donors (Lipinski definition) is 1. The minimum atomic E-state index is -0.291. The molecule has 0 aliphatic rings. The molecular weight excluding hydrogens is 292 g/mol. The van der Waals surface area contributed by atoms with Gasteiger partial charge in [-0.15, -0.1) is 0 Å². The second kappa shape index (κ2) is 6.55. The number of rotatable bonds is 5. The first-order valence-electron chi connectivity index (χ1n) is 5.85. The summed E-state index contributed by atoms with van der Waals surface area (Å²) in [6, 6.07) is 10.0. The second-order valence-electron chi connectivity index (χ2n) is 4.89. The maximum Gasteiger partial charge on any atom is 0.234 e. The summed E-state index contributed by atoms with van der Waals surface area (Å²) in [6.45, 7) is 3.95. The van der Waals surface area contributed by atoms with Gasteiger partial charge in [0, 0.05) is 10.0 Å². The summed E-state index contributed by atoms with van der Waals surface area (Å²) < 4.78 is 1.06. The van der Waals surface area contributed by atoms with E-state index >= 15 is 0 Å². The zero-order valence-corrected chi connectivity index (χ0v) is 12.3. The van der Waals surface area contributed by atoms with Crippen LogP contribution in [0.2, 0.25) is 0 Å². The highest BCUT2D eigenvalue weighted by Crippen LogP contribution is 2.16. The van der Waals surface area contributed by atoms with Gasteiger partial charge in [-0.1, -0.05) is 28.1 Å². The fraction of sp³-hybridized carbons (Fsp3) is 0.429. The highest BCUT2D eigenvalue weighted by molar-refractivity contribution is 9.10. The van der Waals surface area contributed by atoms with Gasteiger partial charge < -0.3 is 5.32 Å². The lowest BCUT2D eigenvalue weighted by atomic mass is 9.95. The number of hydrogen-bond acceptors (Lipinski definition) is 2. The van der Waals surface area contributed by atoms with Gasteiger partial charge in [-0.25, -0.2) is 0 Å². The number of aryl methyl sites for hydroxylation is 1. The van der Waals surface area contributed by atoms with Crippen molar-refractivity contribution in [3.05, 3.63) is 34.3 Å². The summed E-state index contributed by atoms with van der Waals surface area (Å²) in [4.78, 5) is 11.4. The van der Waals surface area contributed by atoms with Crippen LogP contribution in [0.25, 0.3) is 0 Å². The van der Waals surface area contributed by atoms with Gasteiger partial charge >= 0.3 is 0 Å². The molecule has 0 fully saturated rings. The number of benzene rings is 1. The predicted octanol–water partition coefficient (Wildman–Crippen LogP) is 3.19. The van der Waals surface area contributed by atoms with Crippen LogP contribution in [0, 0.1) is 11.3 Å². The maximum atomic E-state index is 11.4. The van der Waals surface area contributed by atoms with Crippen LogP contribution in [-0.4, -0.2) is 11.4 Å². The van der Waals surface area contributed by atoms with E-state index in [0.717, 1.165) is 17.3 Å². The second-order valence-corrected chi connectivity index (χ2v) is 5.81. The number of carbonyl (C=O) groups excluding carboxylic acids is 1. The number of nitrogens with one attached hydrogen (secondary N) is 1. The van der Waals surface area contributed by atoms with Gasteiger partial charge in [0.25, 0.3) is 0 Å². The van der Waals surface area contributed by atoms with Crippen molar-refractivity contribution in [1.82, 2.24) is 5.32 Å². The summed E-state index contributed by atoms with van der Waals surface area (Å²) in [5.41, 5.74) is 0.946. The minimum absolute atomic E-state index is 0.0816. The van der Waals surface area contributed by atoms with Crippen LogP contribution in [0.1, 0.15) is 32.3 Å². The Morgan fingerprint density at radius 2 is 2.00 bits per heavy atom. The maximum absolute atomic E-state index is 11.4. The van der Waals surface area contributed by atoms with E-state index in [1.807, 2.05) is 32.0 Å². The lowest BCUT2D eigenvalue weighted by molar-refractivity contribution is -0.121. The van der Waals surface area contributed by atoms with Crippen LogP contribution in [0.4, 0.5) is 0 Å². The molecule has 1 aromatic rings. The number of nitrogens with zero attached hydrogens (tertiary/aromatic N) is 1. The van der Waals surface area contributed by atoms with Crippen molar-refractivity contribution < 1.29 is 4.79 Å². The van der Waals surface area contributed by atoms with Crippen LogP contribution >= 0.6 is 15.9 Å². The van der Waals surface area contributed by atoms with Crippen molar-refractivity contribution in [2.24, 2.45) is 0 Å². The van der Waals surface area contributed by atoms with E-state index < -0.39 is 0 Å². The predicted molar refractivity (Wildman–Crippen MR) is 74.9 cm³/mol. The summed E-state index contributed by atoms with van der Waals surface area (Å²) in [7, 11) is 0. The van der Waals surface area contributed by atoms with E-state index in [1.165, 1.54) is 5.56 Å². The van der Waals surface area contributed by atoms with Gasteiger partial charge in [0.05, 0.1) is 6.07 Å². The molecule has 0 heterocycles. The monoisotopic (exact) mass is 308 g/mol. The number of amides is 1. The molecule has 3 nitrogen and oxygen atoms in total. The number of nitriles is 1. The van der Waals surface area contributed by atoms with Gasteiger partial charge in [0.2, 0.25) is 5.91 Å². The lowest BCUT2D eigenvalue weighted by Crippen LogP contribution is -2.43. The van der Waals surface area contributed by atoms with Crippen molar-refractivity contribution in [1.29, 1.82) is 5.26 Å². The number of carbonyl (C=O) groups is 1. The van der Waals surface area contributed by atoms with Gasteiger partial charge in [0.1, 0.15) is 6.42 Å². The van der Waals surface area contributed by atoms with Gasteiger partial charge in [-0.3, -0.25) is 4.79 Å². The van der Waals surface area contributed by atoms with E-state index in [2.05, 4.69) is 33.4 Å². The molecule has 1 rings (SSSR count). The van der Waals surface area contributed by atoms with Gasteiger partial charge in [-0.2, -0.15) is 5.26 Å². The van der Waals surface area contributed by atoms with Crippen LogP contribution in [0.3, 0.4) is 0 Å².